The first-order valence-electron chi connectivity index (χ1n) is 9.43. The molecule has 0 radical (unpaired) electrons. The maximum Gasteiger partial charge on any atom is 0.243 e. The minimum Gasteiger partial charge on any atom is -0.354 e. The molecule has 1 heterocycles. The normalized spacial score (nSPS) is 17.5. The maximum absolute atomic E-state index is 12.7. The van der Waals surface area contributed by atoms with Crippen molar-refractivity contribution in [3.63, 3.8) is 0 Å². The third kappa shape index (κ3) is 6.36. The standard InChI is InChI=1S/C19H30ClN3O3S/c1-4-18(19(24)21-12-9-15-10-13-22(2)14-11-15)23(27(3,25)26)17-7-5-16(20)6-8-17/h5-8,15,18H,4,9-14H2,1-3H3,(H,21,24). The average Bonchev–Trinajstić information content (AvgIpc) is 2.61. The molecule has 0 bridgehead atoms. The molecule has 1 amide bonds. The number of anilines is 1. The zero-order valence-electron chi connectivity index (χ0n) is 16.3. The van der Waals surface area contributed by atoms with Crippen LogP contribution in [-0.2, 0) is 14.8 Å². The van der Waals surface area contributed by atoms with Gasteiger partial charge in [0.2, 0.25) is 15.9 Å². The van der Waals surface area contributed by atoms with Crippen molar-refractivity contribution in [1.29, 1.82) is 0 Å². The van der Waals surface area contributed by atoms with Crippen molar-refractivity contribution in [2.45, 2.75) is 38.6 Å². The van der Waals surface area contributed by atoms with Crippen molar-refractivity contribution in [3.05, 3.63) is 29.3 Å². The minimum atomic E-state index is -3.61. The van der Waals surface area contributed by atoms with E-state index in [-0.39, 0.29) is 5.91 Å². The molecule has 0 aliphatic carbocycles. The number of hydrogen-bond acceptors (Lipinski definition) is 4. The Morgan fingerprint density at radius 1 is 1.30 bits per heavy atom. The Hall–Kier alpha value is -1.31. The van der Waals surface area contributed by atoms with Crippen molar-refractivity contribution < 1.29 is 13.2 Å². The second-order valence-corrected chi connectivity index (χ2v) is 9.58. The van der Waals surface area contributed by atoms with E-state index in [4.69, 9.17) is 11.6 Å². The minimum absolute atomic E-state index is 0.259. The van der Waals surface area contributed by atoms with E-state index < -0.39 is 16.1 Å². The number of hydrogen-bond donors (Lipinski definition) is 1. The highest BCUT2D eigenvalue weighted by Gasteiger charge is 2.31. The second kappa shape index (κ2) is 9.75. The van der Waals surface area contributed by atoms with Gasteiger partial charge in [0.25, 0.3) is 0 Å². The first-order valence-corrected chi connectivity index (χ1v) is 11.7. The number of carbonyl (C=O) groups excluding carboxylic acids is 1. The van der Waals surface area contributed by atoms with E-state index in [1.165, 1.54) is 4.31 Å². The molecule has 1 saturated heterocycles. The van der Waals surface area contributed by atoms with Crippen LogP contribution in [0.4, 0.5) is 5.69 Å². The number of piperidine rings is 1. The van der Waals surface area contributed by atoms with Crippen LogP contribution in [-0.4, -0.2) is 58.2 Å². The van der Waals surface area contributed by atoms with Gasteiger partial charge in [0.1, 0.15) is 6.04 Å². The Labute approximate surface area is 167 Å². The lowest BCUT2D eigenvalue weighted by Crippen LogP contribution is -2.49. The quantitative estimate of drug-likeness (QED) is 0.708. The smallest absolute Gasteiger partial charge is 0.243 e. The van der Waals surface area contributed by atoms with Crippen LogP contribution in [0.1, 0.15) is 32.6 Å². The zero-order chi connectivity index (χ0) is 20.0. The molecular weight excluding hydrogens is 386 g/mol. The highest BCUT2D eigenvalue weighted by Crippen LogP contribution is 2.24. The van der Waals surface area contributed by atoms with Gasteiger partial charge in [0.05, 0.1) is 11.9 Å². The van der Waals surface area contributed by atoms with Crippen LogP contribution in [0.15, 0.2) is 24.3 Å². The number of nitrogens with one attached hydrogen (secondary N) is 1. The van der Waals surface area contributed by atoms with E-state index in [2.05, 4.69) is 17.3 Å². The summed E-state index contributed by atoms with van der Waals surface area (Å²) in [5.41, 5.74) is 0.444. The fraction of sp³-hybridized carbons (Fsp3) is 0.632. The molecule has 1 aliphatic rings. The number of likely N-dealkylation sites (tertiary alicyclic amines) is 1. The molecular formula is C19H30ClN3O3S. The summed E-state index contributed by atoms with van der Waals surface area (Å²) in [6.07, 6.45) is 4.72. The molecule has 1 aliphatic heterocycles. The Balaban J connectivity index is 2.02. The van der Waals surface area contributed by atoms with Crippen molar-refractivity contribution in [3.8, 4) is 0 Å². The Morgan fingerprint density at radius 2 is 1.89 bits per heavy atom. The number of benzene rings is 1. The fourth-order valence-corrected chi connectivity index (χ4v) is 4.85. The molecule has 2 rings (SSSR count). The molecule has 152 valence electrons. The van der Waals surface area contributed by atoms with Gasteiger partial charge in [-0.1, -0.05) is 18.5 Å². The van der Waals surface area contributed by atoms with Crippen LogP contribution in [0.25, 0.3) is 0 Å². The van der Waals surface area contributed by atoms with Crippen LogP contribution in [0.5, 0.6) is 0 Å². The van der Waals surface area contributed by atoms with Gasteiger partial charge in [-0.25, -0.2) is 8.42 Å². The topological polar surface area (TPSA) is 69.7 Å². The number of rotatable bonds is 8. The number of nitrogens with zero attached hydrogens (tertiary/aromatic N) is 2. The summed E-state index contributed by atoms with van der Waals surface area (Å²) in [6, 6.07) is 5.72. The monoisotopic (exact) mass is 415 g/mol. The summed E-state index contributed by atoms with van der Waals surface area (Å²) in [4.78, 5) is 15.1. The van der Waals surface area contributed by atoms with Crippen molar-refractivity contribution >= 4 is 33.2 Å². The summed E-state index contributed by atoms with van der Waals surface area (Å²) >= 11 is 5.91. The predicted octanol–water partition coefficient (Wildman–Crippen LogP) is 2.73. The van der Waals surface area contributed by atoms with Gasteiger partial charge in [-0.3, -0.25) is 9.10 Å². The van der Waals surface area contributed by atoms with Crippen LogP contribution in [0.2, 0.25) is 5.02 Å². The summed E-state index contributed by atoms with van der Waals surface area (Å²) in [6.45, 7) is 4.57. The molecule has 1 N–H and O–H groups in total. The summed E-state index contributed by atoms with van der Waals surface area (Å²) in [7, 11) is -1.49. The fourth-order valence-electron chi connectivity index (χ4n) is 3.52. The maximum atomic E-state index is 12.7. The van der Waals surface area contributed by atoms with E-state index in [0.717, 1.165) is 38.6 Å². The van der Waals surface area contributed by atoms with E-state index in [0.29, 0.717) is 29.6 Å². The van der Waals surface area contributed by atoms with Gasteiger partial charge >= 0.3 is 0 Å². The molecule has 1 aromatic rings. The van der Waals surface area contributed by atoms with Gasteiger partial charge in [0.15, 0.2) is 0 Å². The molecule has 1 fully saturated rings. The van der Waals surface area contributed by atoms with Crippen LogP contribution < -0.4 is 9.62 Å². The lowest BCUT2D eigenvalue weighted by molar-refractivity contribution is -0.122. The molecule has 8 heteroatoms. The molecule has 27 heavy (non-hydrogen) atoms. The zero-order valence-corrected chi connectivity index (χ0v) is 17.9. The summed E-state index contributed by atoms with van der Waals surface area (Å²) in [5, 5.41) is 3.46. The van der Waals surface area contributed by atoms with Crippen molar-refractivity contribution in [2.75, 3.05) is 37.2 Å². The predicted molar refractivity (Wildman–Crippen MR) is 111 cm³/mol. The second-order valence-electron chi connectivity index (χ2n) is 7.29. The highest BCUT2D eigenvalue weighted by molar-refractivity contribution is 7.92. The van der Waals surface area contributed by atoms with E-state index in [1.54, 1.807) is 24.3 Å². The number of carbonyl (C=O) groups is 1. The molecule has 6 nitrogen and oxygen atoms in total. The van der Waals surface area contributed by atoms with Crippen LogP contribution >= 0.6 is 11.6 Å². The molecule has 0 saturated carbocycles. The lowest BCUT2D eigenvalue weighted by atomic mass is 9.94. The van der Waals surface area contributed by atoms with Crippen molar-refractivity contribution in [1.82, 2.24) is 10.2 Å². The third-order valence-electron chi connectivity index (χ3n) is 5.10. The van der Waals surface area contributed by atoms with Crippen LogP contribution in [0, 0.1) is 5.92 Å². The third-order valence-corrected chi connectivity index (χ3v) is 6.53. The molecule has 0 spiro atoms. The van der Waals surface area contributed by atoms with Gasteiger partial charge in [-0.2, -0.15) is 0 Å². The molecule has 0 aromatic heterocycles. The van der Waals surface area contributed by atoms with Crippen molar-refractivity contribution in [2.24, 2.45) is 5.92 Å². The van der Waals surface area contributed by atoms with Gasteiger partial charge in [-0.15, -0.1) is 0 Å². The number of amides is 1. The van der Waals surface area contributed by atoms with Gasteiger partial charge in [-0.05, 0) is 76.0 Å². The average molecular weight is 416 g/mol. The number of halogens is 1. The Kier molecular flexibility index (Phi) is 7.94. The first kappa shape index (κ1) is 22.0. The molecule has 1 aromatic carbocycles. The van der Waals surface area contributed by atoms with E-state index in [1.807, 2.05) is 6.92 Å². The van der Waals surface area contributed by atoms with Gasteiger partial charge in [0, 0.05) is 11.6 Å². The molecule has 1 unspecified atom stereocenters. The first-order chi connectivity index (χ1) is 12.7. The summed E-state index contributed by atoms with van der Waals surface area (Å²) < 4.78 is 26.0. The van der Waals surface area contributed by atoms with Crippen LogP contribution in [0.3, 0.4) is 0 Å². The summed E-state index contributed by atoms with van der Waals surface area (Å²) in [5.74, 6) is 0.356. The van der Waals surface area contributed by atoms with Gasteiger partial charge < -0.3 is 10.2 Å². The SMILES string of the molecule is CCC(C(=O)NCCC1CCN(C)CC1)N(c1ccc(Cl)cc1)S(C)(=O)=O. The van der Waals surface area contributed by atoms with E-state index in [9.17, 15) is 13.2 Å². The largest absolute Gasteiger partial charge is 0.354 e. The highest BCUT2D eigenvalue weighted by atomic mass is 35.5. The molecule has 1 atom stereocenters. The Morgan fingerprint density at radius 3 is 2.41 bits per heavy atom. The number of sulfonamides is 1. The Bertz CT molecular complexity index is 716. The van der Waals surface area contributed by atoms with E-state index >= 15 is 0 Å². The lowest BCUT2D eigenvalue weighted by Gasteiger charge is -2.31.